The lowest BCUT2D eigenvalue weighted by atomic mass is 9.96. The molecule has 1 fully saturated rings. The molecular formula is C15H21ClN2O2S. The van der Waals surface area contributed by atoms with Crippen LogP contribution in [0.4, 0.5) is 5.00 Å². The van der Waals surface area contributed by atoms with Gasteiger partial charge in [-0.1, -0.05) is 13.8 Å². The van der Waals surface area contributed by atoms with Gasteiger partial charge in [0.2, 0.25) is 11.8 Å². The first-order valence-corrected chi connectivity index (χ1v) is 8.60. The minimum Gasteiger partial charge on any atom is -0.342 e. The van der Waals surface area contributed by atoms with Gasteiger partial charge >= 0.3 is 0 Å². The number of carbonyl (C=O) groups excluding carboxylic acids is 2. The highest BCUT2D eigenvalue weighted by molar-refractivity contribution is 7.16. The summed E-state index contributed by atoms with van der Waals surface area (Å²) >= 11 is 7.18. The van der Waals surface area contributed by atoms with Gasteiger partial charge in [0, 0.05) is 23.9 Å². The molecule has 0 radical (unpaired) electrons. The van der Waals surface area contributed by atoms with Crippen molar-refractivity contribution in [1.29, 1.82) is 0 Å². The van der Waals surface area contributed by atoms with E-state index in [1.54, 1.807) is 16.2 Å². The van der Waals surface area contributed by atoms with Gasteiger partial charge in [-0.25, -0.2) is 0 Å². The number of likely N-dealkylation sites (tertiary alicyclic amines) is 1. The first kappa shape index (κ1) is 16.3. The molecule has 116 valence electrons. The summed E-state index contributed by atoms with van der Waals surface area (Å²) in [5.74, 6) is 0.490. The van der Waals surface area contributed by atoms with Crippen molar-refractivity contribution in [2.75, 3.05) is 24.3 Å². The number of rotatable bonds is 4. The largest absolute Gasteiger partial charge is 0.342 e. The molecule has 1 saturated heterocycles. The fourth-order valence-electron chi connectivity index (χ4n) is 2.43. The van der Waals surface area contributed by atoms with Crippen LogP contribution in [0.2, 0.25) is 0 Å². The Hall–Kier alpha value is -1.07. The molecule has 0 bridgehead atoms. The first-order chi connectivity index (χ1) is 10.0. The smallest absolute Gasteiger partial charge is 0.237 e. The zero-order valence-electron chi connectivity index (χ0n) is 12.4. The van der Waals surface area contributed by atoms with Crippen LogP contribution in [0.3, 0.4) is 0 Å². The SMILES string of the molecule is CC(C)c1ccc(NC(=O)C2CCN(C(=O)CCl)CC2)s1. The Morgan fingerprint density at radius 3 is 2.57 bits per heavy atom. The van der Waals surface area contributed by atoms with Crippen molar-refractivity contribution in [2.24, 2.45) is 5.92 Å². The second kappa shape index (κ2) is 7.27. The van der Waals surface area contributed by atoms with Crippen LogP contribution in [0.15, 0.2) is 12.1 Å². The Morgan fingerprint density at radius 2 is 2.05 bits per heavy atom. The van der Waals surface area contributed by atoms with Gasteiger partial charge in [0.05, 0.1) is 5.00 Å². The van der Waals surface area contributed by atoms with Gasteiger partial charge in [0.25, 0.3) is 0 Å². The van der Waals surface area contributed by atoms with Crippen LogP contribution in [-0.4, -0.2) is 35.7 Å². The maximum Gasteiger partial charge on any atom is 0.237 e. The lowest BCUT2D eigenvalue weighted by Crippen LogP contribution is -2.41. The Morgan fingerprint density at radius 1 is 1.38 bits per heavy atom. The molecule has 2 heterocycles. The molecule has 6 heteroatoms. The molecule has 2 rings (SSSR count). The van der Waals surface area contributed by atoms with E-state index in [1.165, 1.54) is 4.88 Å². The molecule has 4 nitrogen and oxygen atoms in total. The number of amides is 2. The van der Waals surface area contributed by atoms with Crippen LogP contribution in [0.5, 0.6) is 0 Å². The highest BCUT2D eigenvalue weighted by Gasteiger charge is 2.27. The van der Waals surface area contributed by atoms with Crippen LogP contribution < -0.4 is 5.32 Å². The van der Waals surface area contributed by atoms with E-state index in [4.69, 9.17) is 11.6 Å². The van der Waals surface area contributed by atoms with Gasteiger partial charge in [0.1, 0.15) is 5.88 Å². The van der Waals surface area contributed by atoms with Crippen molar-refractivity contribution in [3.63, 3.8) is 0 Å². The lowest BCUT2D eigenvalue weighted by molar-refractivity contribution is -0.132. The van der Waals surface area contributed by atoms with E-state index in [1.807, 2.05) is 6.07 Å². The number of anilines is 1. The summed E-state index contributed by atoms with van der Waals surface area (Å²) in [5.41, 5.74) is 0. The molecule has 0 aliphatic carbocycles. The molecule has 0 aromatic carbocycles. The Balaban J connectivity index is 1.85. The highest BCUT2D eigenvalue weighted by Crippen LogP contribution is 2.29. The fraction of sp³-hybridized carbons (Fsp3) is 0.600. The minimum atomic E-state index is -0.0460. The predicted molar refractivity (Wildman–Crippen MR) is 87.1 cm³/mol. The van der Waals surface area contributed by atoms with E-state index < -0.39 is 0 Å². The monoisotopic (exact) mass is 328 g/mol. The average Bonchev–Trinajstić information content (AvgIpc) is 2.95. The maximum absolute atomic E-state index is 12.3. The number of hydrogen-bond donors (Lipinski definition) is 1. The van der Waals surface area contributed by atoms with Crippen molar-refractivity contribution in [3.8, 4) is 0 Å². The normalized spacial score (nSPS) is 16.3. The van der Waals surface area contributed by atoms with E-state index in [2.05, 4.69) is 25.2 Å². The quantitative estimate of drug-likeness (QED) is 0.862. The number of alkyl halides is 1. The summed E-state index contributed by atoms with van der Waals surface area (Å²) in [5, 5.41) is 3.90. The molecule has 0 unspecified atom stereocenters. The van der Waals surface area contributed by atoms with Gasteiger partial charge in [0.15, 0.2) is 0 Å². The van der Waals surface area contributed by atoms with E-state index in [0.29, 0.717) is 31.8 Å². The molecule has 1 aromatic rings. The van der Waals surface area contributed by atoms with Gasteiger partial charge in [-0.05, 0) is 30.9 Å². The van der Waals surface area contributed by atoms with Gasteiger partial charge in [-0.3, -0.25) is 9.59 Å². The second-order valence-electron chi connectivity index (χ2n) is 5.63. The van der Waals surface area contributed by atoms with Crippen LogP contribution >= 0.6 is 22.9 Å². The Bertz CT molecular complexity index is 508. The molecule has 2 amide bonds. The minimum absolute atomic E-state index is 0.0179. The second-order valence-corrected chi connectivity index (χ2v) is 7.02. The summed E-state index contributed by atoms with van der Waals surface area (Å²) in [6, 6.07) is 4.02. The Labute approximate surface area is 134 Å². The number of halogens is 1. The van der Waals surface area contributed by atoms with Crippen molar-refractivity contribution < 1.29 is 9.59 Å². The number of nitrogens with one attached hydrogen (secondary N) is 1. The van der Waals surface area contributed by atoms with Crippen LogP contribution in [0, 0.1) is 5.92 Å². The number of carbonyl (C=O) groups is 2. The van der Waals surface area contributed by atoms with E-state index in [9.17, 15) is 9.59 Å². The zero-order chi connectivity index (χ0) is 15.4. The van der Waals surface area contributed by atoms with Gasteiger partial charge in [-0.15, -0.1) is 22.9 Å². The fourth-order valence-corrected chi connectivity index (χ4v) is 3.51. The summed E-state index contributed by atoms with van der Waals surface area (Å²) in [6.07, 6.45) is 1.41. The summed E-state index contributed by atoms with van der Waals surface area (Å²) < 4.78 is 0. The van der Waals surface area contributed by atoms with E-state index in [0.717, 1.165) is 5.00 Å². The van der Waals surface area contributed by atoms with Crippen LogP contribution in [-0.2, 0) is 9.59 Å². The van der Waals surface area contributed by atoms with E-state index in [-0.39, 0.29) is 23.6 Å². The number of nitrogens with zero attached hydrogens (tertiary/aromatic N) is 1. The molecule has 0 saturated carbocycles. The van der Waals surface area contributed by atoms with Gasteiger partial charge in [-0.2, -0.15) is 0 Å². The molecule has 0 spiro atoms. The van der Waals surface area contributed by atoms with Crippen molar-refractivity contribution in [3.05, 3.63) is 17.0 Å². The first-order valence-electron chi connectivity index (χ1n) is 7.25. The number of piperidine rings is 1. The molecule has 1 aromatic heterocycles. The van der Waals surface area contributed by atoms with E-state index >= 15 is 0 Å². The molecule has 1 N–H and O–H groups in total. The third-order valence-electron chi connectivity index (χ3n) is 3.77. The zero-order valence-corrected chi connectivity index (χ0v) is 14.0. The van der Waals surface area contributed by atoms with Crippen LogP contribution in [0.1, 0.15) is 37.5 Å². The molecule has 1 aliphatic heterocycles. The predicted octanol–water partition coefficient (Wildman–Crippen LogP) is 3.29. The van der Waals surface area contributed by atoms with Crippen LogP contribution in [0.25, 0.3) is 0 Å². The molecule has 1 aliphatic rings. The van der Waals surface area contributed by atoms with Crippen molar-refractivity contribution in [1.82, 2.24) is 4.90 Å². The Kier molecular flexibility index (Phi) is 5.65. The third kappa shape index (κ3) is 4.20. The number of hydrogen-bond acceptors (Lipinski definition) is 3. The molecular weight excluding hydrogens is 308 g/mol. The summed E-state index contributed by atoms with van der Waals surface area (Å²) in [7, 11) is 0. The lowest BCUT2D eigenvalue weighted by Gasteiger charge is -2.30. The summed E-state index contributed by atoms with van der Waals surface area (Å²) in [6.45, 7) is 5.51. The van der Waals surface area contributed by atoms with Gasteiger partial charge < -0.3 is 10.2 Å². The number of thiophene rings is 1. The molecule has 0 atom stereocenters. The third-order valence-corrected chi connectivity index (χ3v) is 5.30. The van der Waals surface area contributed by atoms with Crippen molar-refractivity contribution >= 4 is 39.8 Å². The topological polar surface area (TPSA) is 49.4 Å². The standard InChI is InChI=1S/C15H21ClN2O2S/c1-10(2)12-3-4-13(21-12)17-15(20)11-5-7-18(8-6-11)14(19)9-16/h3-4,10-11H,5-9H2,1-2H3,(H,17,20). The summed E-state index contributed by atoms with van der Waals surface area (Å²) in [4.78, 5) is 26.8. The highest BCUT2D eigenvalue weighted by atomic mass is 35.5. The van der Waals surface area contributed by atoms with Crippen molar-refractivity contribution in [2.45, 2.75) is 32.6 Å². The maximum atomic E-state index is 12.3. The molecule has 21 heavy (non-hydrogen) atoms. The average molecular weight is 329 g/mol.